The number of carbonyl (C=O) groups is 1. The smallest absolute Gasteiger partial charge is 0.222 e. The monoisotopic (exact) mass is 328 g/mol. The van der Waals surface area contributed by atoms with Crippen molar-refractivity contribution in [3.63, 3.8) is 0 Å². The van der Waals surface area contributed by atoms with Crippen LogP contribution in [0.15, 0.2) is 6.07 Å². The fourth-order valence-electron chi connectivity index (χ4n) is 4.09. The molecular weight excluding hydrogens is 300 g/mol. The fourth-order valence-corrected chi connectivity index (χ4v) is 4.09. The average Bonchev–Trinajstić information content (AvgIpc) is 3.12. The summed E-state index contributed by atoms with van der Waals surface area (Å²) < 4.78 is 1.98. The first kappa shape index (κ1) is 17.0. The van der Waals surface area contributed by atoms with E-state index in [4.69, 9.17) is 0 Å². The Hall–Kier alpha value is -1.80. The first-order valence-corrected chi connectivity index (χ1v) is 9.17. The molecule has 3 rings (SSSR count). The Balaban J connectivity index is 1.64. The summed E-state index contributed by atoms with van der Waals surface area (Å²) >= 11 is 0. The predicted octanol–water partition coefficient (Wildman–Crippen LogP) is 2.57. The van der Waals surface area contributed by atoms with E-state index in [1.54, 1.807) is 0 Å². The highest BCUT2D eigenvalue weighted by Crippen LogP contribution is 2.25. The van der Waals surface area contributed by atoms with Crippen LogP contribution in [0.4, 0.5) is 0 Å². The van der Waals surface area contributed by atoms with Crippen LogP contribution in [-0.2, 0) is 18.4 Å². The summed E-state index contributed by atoms with van der Waals surface area (Å²) in [6.07, 6.45) is 6.58. The lowest BCUT2D eigenvalue weighted by Crippen LogP contribution is -2.41. The maximum Gasteiger partial charge on any atom is 0.222 e. The largest absolute Gasteiger partial charge is 0.343 e. The average molecular weight is 328 g/mol. The molecule has 24 heavy (non-hydrogen) atoms. The van der Waals surface area contributed by atoms with Gasteiger partial charge in [-0.05, 0) is 50.8 Å². The van der Waals surface area contributed by atoms with E-state index >= 15 is 0 Å². The highest BCUT2D eigenvalue weighted by atomic mass is 16.2. The molecule has 1 aromatic heterocycles. The van der Waals surface area contributed by atoms with Crippen LogP contribution in [0.1, 0.15) is 55.5 Å². The Morgan fingerprint density at radius 3 is 2.79 bits per heavy atom. The summed E-state index contributed by atoms with van der Waals surface area (Å²) in [7, 11) is 1.96. The van der Waals surface area contributed by atoms with Crippen molar-refractivity contribution in [1.29, 1.82) is 5.26 Å². The van der Waals surface area contributed by atoms with Crippen molar-refractivity contribution in [2.24, 2.45) is 7.05 Å². The van der Waals surface area contributed by atoms with Crippen molar-refractivity contribution < 1.29 is 4.79 Å². The van der Waals surface area contributed by atoms with Gasteiger partial charge in [0.05, 0.1) is 0 Å². The van der Waals surface area contributed by atoms with E-state index in [2.05, 4.69) is 17.9 Å². The third-order valence-electron chi connectivity index (χ3n) is 5.78. The van der Waals surface area contributed by atoms with Gasteiger partial charge in [0.25, 0.3) is 0 Å². The highest BCUT2D eigenvalue weighted by molar-refractivity contribution is 5.78. The zero-order valence-corrected chi connectivity index (χ0v) is 14.9. The molecule has 0 N–H and O–H groups in total. The number of hydrogen-bond donors (Lipinski definition) is 0. The minimum absolute atomic E-state index is 0.329. The Morgan fingerprint density at radius 2 is 2.12 bits per heavy atom. The zero-order chi connectivity index (χ0) is 17.1. The normalized spacial score (nSPS) is 22.1. The number of nitriles is 1. The molecule has 5 nitrogen and oxygen atoms in total. The van der Waals surface area contributed by atoms with E-state index < -0.39 is 0 Å². The van der Waals surface area contributed by atoms with Crippen LogP contribution in [-0.4, -0.2) is 46.0 Å². The van der Waals surface area contributed by atoms with Gasteiger partial charge in [-0.2, -0.15) is 5.26 Å². The molecule has 1 amide bonds. The standard InChI is InChI=1S/C19H28N4O/c1-15-16(12-18(13-20)21(15)2)14-23-9-4-3-6-17(23)8-11-22-10-5-7-19(22)24/h12,17H,3-11,14H2,1-2H3/t17-/m1/s1. The maximum atomic E-state index is 11.8. The molecule has 0 aromatic carbocycles. The van der Waals surface area contributed by atoms with Gasteiger partial charge in [0, 0.05) is 44.8 Å². The number of aromatic nitrogens is 1. The fraction of sp³-hybridized carbons (Fsp3) is 0.684. The lowest BCUT2D eigenvalue weighted by atomic mass is 9.98. The Bertz CT molecular complexity index is 643. The second kappa shape index (κ2) is 7.40. The van der Waals surface area contributed by atoms with Gasteiger partial charge in [0.2, 0.25) is 5.91 Å². The minimum atomic E-state index is 0.329. The van der Waals surface area contributed by atoms with Gasteiger partial charge in [0.1, 0.15) is 11.8 Å². The molecule has 2 aliphatic heterocycles. The number of likely N-dealkylation sites (tertiary alicyclic amines) is 2. The van der Waals surface area contributed by atoms with Crippen molar-refractivity contribution >= 4 is 5.91 Å². The van der Waals surface area contributed by atoms with Crippen LogP contribution < -0.4 is 0 Å². The molecule has 0 saturated carbocycles. The Kier molecular flexibility index (Phi) is 5.25. The second-order valence-electron chi connectivity index (χ2n) is 7.20. The molecule has 2 aliphatic rings. The topological polar surface area (TPSA) is 52.3 Å². The lowest BCUT2D eigenvalue weighted by Gasteiger charge is -2.36. The van der Waals surface area contributed by atoms with Gasteiger partial charge in [-0.1, -0.05) is 6.42 Å². The molecule has 5 heteroatoms. The quantitative estimate of drug-likeness (QED) is 0.835. The van der Waals surface area contributed by atoms with Crippen LogP contribution in [0.25, 0.3) is 0 Å². The molecule has 0 bridgehead atoms. The third kappa shape index (κ3) is 3.49. The molecule has 130 valence electrons. The van der Waals surface area contributed by atoms with Gasteiger partial charge in [0.15, 0.2) is 0 Å². The summed E-state index contributed by atoms with van der Waals surface area (Å²) in [6, 6.07) is 4.86. The molecule has 1 aromatic rings. The minimum Gasteiger partial charge on any atom is -0.343 e. The summed E-state index contributed by atoms with van der Waals surface area (Å²) in [5, 5.41) is 9.22. The van der Waals surface area contributed by atoms with E-state index in [-0.39, 0.29) is 0 Å². The zero-order valence-electron chi connectivity index (χ0n) is 14.9. The molecule has 1 atom stereocenters. The van der Waals surface area contributed by atoms with Gasteiger partial charge < -0.3 is 9.47 Å². The summed E-state index contributed by atoms with van der Waals surface area (Å²) in [5.41, 5.74) is 3.18. The molecule has 0 unspecified atom stereocenters. The molecule has 2 saturated heterocycles. The maximum absolute atomic E-state index is 11.8. The third-order valence-corrected chi connectivity index (χ3v) is 5.78. The summed E-state index contributed by atoms with van der Waals surface area (Å²) in [4.78, 5) is 16.4. The van der Waals surface area contributed by atoms with Crippen molar-refractivity contribution in [3.8, 4) is 6.07 Å². The summed E-state index contributed by atoms with van der Waals surface area (Å²) in [6.45, 7) is 5.97. The number of carbonyl (C=O) groups excluding carboxylic acids is 1. The van der Waals surface area contributed by atoms with Crippen molar-refractivity contribution in [2.75, 3.05) is 19.6 Å². The van der Waals surface area contributed by atoms with Crippen LogP contribution in [0.5, 0.6) is 0 Å². The summed E-state index contributed by atoms with van der Waals surface area (Å²) in [5.74, 6) is 0.329. The van der Waals surface area contributed by atoms with E-state index in [0.29, 0.717) is 11.9 Å². The first-order valence-electron chi connectivity index (χ1n) is 9.17. The van der Waals surface area contributed by atoms with Gasteiger partial charge in [-0.25, -0.2) is 0 Å². The Labute approximate surface area is 144 Å². The van der Waals surface area contributed by atoms with E-state index in [1.165, 1.54) is 30.5 Å². The van der Waals surface area contributed by atoms with E-state index in [1.807, 2.05) is 22.6 Å². The van der Waals surface area contributed by atoms with Gasteiger partial charge >= 0.3 is 0 Å². The second-order valence-corrected chi connectivity index (χ2v) is 7.20. The van der Waals surface area contributed by atoms with Crippen LogP contribution in [0.3, 0.4) is 0 Å². The van der Waals surface area contributed by atoms with Gasteiger partial charge in [-0.3, -0.25) is 9.69 Å². The number of piperidine rings is 1. The van der Waals surface area contributed by atoms with E-state index in [0.717, 1.165) is 51.1 Å². The lowest BCUT2D eigenvalue weighted by molar-refractivity contribution is -0.127. The predicted molar refractivity (Wildman–Crippen MR) is 93.3 cm³/mol. The number of hydrogen-bond acceptors (Lipinski definition) is 3. The molecule has 0 aliphatic carbocycles. The molecule has 0 spiro atoms. The molecule has 3 heterocycles. The van der Waals surface area contributed by atoms with E-state index in [9.17, 15) is 10.1 Å². The van der Waals surface area contributed by atoms with Crippen LogP contribution in [0, 0.1) is 18.3 Å². The van der Waals surface area contributed by atoms with Crippen LogP contribution >= 0.6 is 0 Å². The number of rotatable bonds is 5. The van der Waals surface area contributed by atoms with Crippen molar-refractivity contribution in [1.82, 2.24) is 14.4 Å². The number of amides is 1. The molecule has 0 radical (unpaired) electrons. The first-order chi connectivity index (χ1) is 11.6. The van der Waals surface area contributed by atoms with Crippen molar-refractivity contribution in [3.05, 3.63) is 23.0 Å². The van der Waals surface area contributed by atoms with Gasteiger partial charge in [-0.15, -0.1) is 0 Å². The Morgan fingerprint density at radius 1 is 1.29 bits per heavy atom. The highest BCUT2D eigenvalue weighted by Gasteiger charge is 2.26. The van der Waals surface area contributed by atoms with Crippen molar-refractivity contribution in [2.45, 2.75) is 58.0 Å². The molecular formula is C19H28N4O. The SMILES string of the molecule is Cc1c(CN2CCCC[C@@H]2CCN2CCCC2=O)cc(C#N)n1C. The number of nitrogens with zero attached hydrogens (tertiary/aromatic N) is 4. The molecule has 2 fully saturated rings. The van der Waals surface area contributed by atoms with Crippen LogP contribution in [0.2, 0.25) is 0 Å².